The first kappa shape index (κ1) is 26.7. The molecular formula is C28H36N2O7. The van der Waals surface area contributed by atoms with Crippen LogP contribution in [0.2, 0.25) is 0 Å². The van der Waals surface area contributed by atoms with Crippen molar-refractivity contribution < 1.29 is 34.8 Å². The molecule has 3 atom stereocenters. The van der Waals surface area contributed by atoms with E-state index in [9.17, 15) is 34.8 Å². The van der Waals surface area contributed by atoms with Gasteiger partial charge in [0.1, 0.15) is 22.8 Å². The third kappa shape index (κ3) is 4.19. The largest absolute Gasteiger partial charge is 0.508 e. The van der Waals surface area contributed by atoms with Crippen LogP contribution >= 0.6 is 0 Å². The van der Waals surface area contributed by atoms with Crippen LogP contribution in [0.15, 0.2) is 23.0 Å². The summed E-state index contributed by atoms with van der Waals surface area (Å²) >= 11 is 0. The molecule has 9 nitrogen and oxygen atoms in total. The van der Waals surface area contributed by atoms with Crippen molar-refractivity contribution in [1.82, 2.24) is 0 Å². The number of hydrogen-bond acceptors (Lipinski definition) is 8. The molecule has 3 aliphatic carbocycles. The molecule has 0 heterocycles. The topological polar surface area (TPSA) is 161 Å². The predicted octanol–water partition coefficient (Wildman–Crippen LogP) is 2.86. The van der Waals surface area contributed by atoms with Crippen LogP contribution in [0.1, 0.15) is 63.1 Å². The molecule has 9 heteroatoms. The number of benzene rings is 1. The predicted molar refractivity (Wildman–Crippen MR) is 138 cm³/mol. The zero-order valence-electron chi connectivity index (χ0n) is 22.0. The second-order valence-electron chi connectivity index (χ2n) is 12.0. The number of fused-ring (bicyclic) bond motifs is 3. The number of rotatable bonds is 5. The van der Waals surface area contributed by atoms with Gasteiger partial charge in [-0.1, -0.05) is 20.8 Å². The molecule has 37 heavy (non-hydrogen) atoms. The van der Waals surface area contributed by atoms with E-state index in [0.29, 0.717) is 17.5 Å². The Morgan fingerprint density at radius 1 is 1.16 bits per heavy atom. The van der Waals surface area contributed by atoms with Gasteiger partial charge >= 0.3 is 0 Å². The van der Waals surface area contributed by atoms with Crippen molar-refractivity contribution in [2.75, 3.05) is 19.0 Å². The van der Waals surface area contributed by atoms with Crippen molar-refractivity contribution in [2.45, 2.75) is 64.9 Å². The van der Waals surface area contributed by atoms with E-state index in [1.165, 1.54) is 0 Å². The van der Waals surface area contributed by atoms with E-state index in [0.717, 1.165) is 18.5 Å². The number of aromatic hydroxyl groups is 1. The number of nitrogens with zero attached hydrogens (tertiary/aromatic N) is 1. The summed E-state index contributed by atoms with van der Waals surface area (Å²) in [5.41, 5.74) is 4.15. The molecule has 0 aromatic heterocycles. The van der Waals surface area contributed by atoms with Gasteiger partial charge in [0, 0.05) is 37.7 Å². The number of Topliss-reactive ketones (excluding diaryl/α,β-unsaturated/α-hetero) is 2. The molecule has 1 amide bonds. The summed E-state index contributed by atoms with van der Waals surface area (Å²) in [7, 11) is 3.72. The van der Waals surface area contributed by atoms with Crippen LogP contribution in [0.4, 0.5) is 5.69 Å². The first-order chi connectivity index (χ1) is 17.1. The third-order valence-corrected chi connectivity index (χ3v) is 7.97. The highest BCUT2D eigenvalue weighted by Crippen LogP contribution is 2.53. The van der Waals surface area contributed by atoms with Crippen molar-refractivity contribution in [2.24, 2.45) is 23.0 Å². The lowest BCUT2D eigenvalue weighted by Crippen LogP contribution is -2.58. The van der Waals surface area contributed by atoms with Crippen molar-refractivity contribution in [3.63, 3.8) is 0 Å². The minimum atomic E-state index is -2.56. The van der Waals surface area contributed by atoms with Gasteiger partial charge in [-0.2, -0.15) is 0 Å². The number of primary amides is 1. The highest BCUT2D eigenvalue weighted by molar-refractivity contribution is 6.22. The Bertz CT molecular complexity index is 1270. The van der Waals surface area contributed by atoms with Gasteiger partial charge in [0.15, 0.2) is 11.4 Å². The fraction of sp³-hybridized carbons (Fsp3) is 0.536. The number of anilines is 1. The lowest BCUT2D eigenvalue weighted by molar-refractivity contribution is -0.147. The van der Waals surface area contributed by atoms with E-state index in [1.54, 1.807) is 0 Å². The molecule has 1 saturated carbocycles. The Balaban J connectivity index is 1.87. The molecule has 1 fully saturated rings. The van der Waals surface area contributed by atoms with Crippen molar-refractivity contribution in [1.29, 1.82) is 0 Å². The van der Waals surface area contributed by atoms with E-state index in [1.807, 2.05) is 25.1 Å². The van der Waals surface area contributed by atoms with E-state index in [2.05, 4.69) is 20.8 Å². The standard InChI is InChI=1S/C28H36N2O7/c1-27(2,3)8-6-7-13-11-17(30(4)5)16-10-14-9-15-12-18(31)21(26(29)36)25(35)28(15,37)24(34)19(14)23(33)20(16)22(13)32/h11,14-15,32-33,35,37H,6-10,12H2,1-5H3,(H2,29,36)/t14-,15+,28+/m1/s1. The summed E-state index contributed by atoms with van der Waals surface area (Å²) in [4.78, 5) is 39.9. The molecule has 1 aromatic rings. The summed E-state index contributed by atoms with van der Waals surface area (Å²) in [6, 6.07) is 1.91. The molecule has 0 saturated heterocycles. The van der Waals surface area contributed by atoms with Gasteiger partial charge in [-0.05, 0) is 60.6 Å². The molecular weight excluding hydrogens is 476 g/mol. The highest BCUT2D eigenvalue weighted by Gasteiger charge is 2.60. The van der Waals surface area contributed by atoms with Crippen LogP contribution in [-0.4, -0.2) is 57.6 Å². The van der Waals surface area contributed by atoms with E-state index >= 15 is 0 Å². The number of phenolic OH excluding ortho intramolecular Hbond substituents is 1. The van der Waals surface area contributed by atoms with Gasteiger partial charge in [-0.25, -0.2) is 0 Å². The Morgan fingerprint density at radius 2 is 1.81 bits per heavy atom. The average molecular weight is 513 g/mol. The SMILES string of the molecule is CN(C)c1cc(CCCC(C)(C)C)c(O)c2c1C[C@H]1C[C@H]3CC(=O)C(C(N)=O)=C(O)[C@@]3(O)C(=O)C1=C2O. The number of hydrogen-bond donors (Lipinski definition) is 5. The number of aliphatic hydroxyl groups is 3. The number of nitrogens with two attached hydrogens (primary N) is 1. The summed E-state index contributed by atoms with van der Waals surface area (Å²) in [5.74, 6) is -6.10. The molecule has 0 spiro atoms. The third-order valence-electron chi connectivity index (χ3n) is 7.97. The summed E-state index contributed by atoms with van der Waals surface area (Å²) < 4.78 is 0. The maximum atomic E-state index is 13.7. The minimum absolute atomic E-state index is 0.115. The average Bonchev–Trinajstić information content (AvgIpc) is 2.76. The number of ketones is 2. The molecule has 0 bridgehead atoms. The van der Waals surface area contributed by atoms with Crippen LogP contribution in [0, 0.1) is 17.3 Å². The van der Waals surface area contributed by atoms with Crippen LogP contribution in [0.3, 0.4) is 0 Å². The molecule has 200 valence electrons. The number of aliphatic hydroxyl groups excluding tert-OH is 2. The normalized spacial score (nSPS) is 25.6. The number of carbonyl (C=O) groups excluding carboxylic acids is 3. The van der Waals surface area contributed by atoms with E-state index in [4.69, 9.17) is 5.73 Å². The number of amides is 1. The second-order valence-corrected chi connectivity index (χ2v) is 12.0. The van der Waals surface area contributed by atoms with Crippen LogP contribution in [0.25, 0.3) is 5.76 Å². The number of carbonyl (C=O) groups is 3. The van der Waals surface area contributed by atoms with Gasteiger partial charge in [0.2, 0.25) is 5.78 Å². The van der Waals surface area contributed by atoms with Gasteiger partial charge in [0.25, 0.3) is 5.91 Å². The van der Waals surface area contributed by atoms with Crippen molar-refractivity contribution in [3.8, 4) is 5.75 Å². The zero-order chi connectivity index (χ0) is 27.6. The van der Waals surface area contributed by atoms with Crippen molar-refractivity contribution >= 4 is 28.9 Å². The highest BCUT2D eigenvalue weighted by atomic mass is 16.3. The Hall–Kier alpha value is -3.33. The fourth-order valence-electron chi connectivity index (χ4n) is 6.12. The van der Waals surface area contributed by atoms with Gasteiger partial charge < -0.3 is 31.1 Å². The molecule has 4 rings (SSSR count). The molecule has 0 unspecified atom stereocenters. The van der Waals surface area contributed by atoms with Crippen molar-refractivity contribution in [3.05, 3.63) is 39.7 Å². The maximum absolute atomic E-state index is 13.7. The summed E-state index contributed by atoms with van der Waals surface area (Å²) in [6.45, 7) is 6.42. The smallest absolute Gasteiger partial charge is 0.255 e. The summed E-state index contributed by atoms with van der Waals surface area (Å²) in [5, 5.41) is 44.8. The number of aryl methyl sites for hydroxylation is 1. The Morgan fingerprint density at radius 3 is 2.38 bits per heavy atom. The van der Waals surface area contributed by atoms with E-state index < -0.39 is 52.0 Å². The monoisotopic (exact) mass is 512 g/mol. The minimum Gasteiger partial charge on any atom is -0.508 e. The van der Waals surface area contributed by atoms with Crippen LogP contribution in [-0.2, 0) is 27.2 Å². The quantitative estimate of drug-likeness (QED) is 0.376. The van der Waals surface area contributed by atoms with Gasteiger partial charge in [-0.15, -0.1) is 0 Å². The molecule has 0 aliphatic heterocycles. The van der Waals surface area contributed by atoms with Crippen LogP contribution in [0.5, 0.6) is 5.75 Å². The van der Waals surface area contributed by atoms with E-state index in [-0.39, 0.29) is 41.6 Å². The first-order valence-electron chi connectivity index (χ1n) is 12.6. The molecule has 1 aromatic carbocycles. The molecule has 0 radical (unpaired) electrons. The van der Waals surface area contributed by atoms with Crippen LogP contribution < -0.4 is 10.6 Å². The number of phenols is 1. The zero-order valence-corrected chi connectivity index (χ0v) is 22.0. The summed E-state index contributed by atoms with van der Waals surface area (Å²) in [6.07, 6.45) is 2.37. The van der Waals surface area contributed by atoms with Gasteiger partial charge in [-0.3, -0.25) is 14.4 Å². The Labute approximate surface area is 216 Å². The maximum Gasteiger partial charge on any atom is 0.255 e. The first-order valence-corrected chi connectivity index (χ1v) is 12.6. The lowest BCUT2D eigenvalue weighted by Gasteiger charge is -2.46. The van der Waals surface area contributed by atoms with Gasteiger partial charge in [0.05, 0.1) is 5.56 Å². The fourth-order valence-corrected chi connectivity index (χ4v) is 6.12. The molecule has 6 N–H and O–H groups in total. The lowest BCUT2D eigenvalue weighted by atomic mass is 9.59. The second kappa shape index (κ2) is 8.90. The Kier molecular flexibility index (Phi) is 6.43. The molecule has 3 aliphatic rings.